The van der Waals surface area contributed by atoms with E-state index in [9.17, 15) is 13.2 Å². The Morgan fingerprint density at radius 2 is 2.14 bits per heavy atom. The molecule has 0 saturated carbocycles. The lowest BCUT2D eigenvalue weighted by molar-refractivity contribution is -0.134. The highest BCUT2D eigenvalue weighted by Crippen LogP contribution is 2.34. The van der Waals surface area contributed by atoms with Gasteiger partial charge in [-0.05, 0) is 28.6 Å². The van der Waals surface area contributed by atoms with Gasteiger partial charge in [-0.2, -0.15) is 23.1 Å². The van der Waals surface area contributed by atoms with Crippen LogP contribution in [0.3, 0.4) is 0 Å². The van der Waals surface area contributed by atoms with Gasteiger partial charge >= 0.3 is 6.18 Å². The number of alkyl halides is 3. The van der Waals surface area contributed by atoms with Crippen molar-refractivity contribution in [2.24, 2.45) is 0 Å². The summed E-state index contributed by atoms with van der Waals surface area (Å²) in [6, 6.07) is 1.10. The molecule has 0 radical (unpaired) electrons. The Hall–Kier alpha value is -1.87. The van der Waals surface area contributed by atoms with E-state index in [1.54, 1.807) is 0 Å². The van der Waals surface area contributed by atoms with Crippen molar-refractivity contribution in [1.82, 2.24) is 19.9 Å². The molecule has 0 aliphatic carbocycles. The minimum atomic E-state index is -4.32. The van der Waals surface area contributed by atoms with Crippen molar-refractivity contribution in [2.75, 3.05) is 5.32 Å². The number of hydrogen-bond donors (Lipinski definition) is 2. The zero-order chi connectivity index (χ0) is 15.0. The Morgan fingerprint density at radius 1 is 1.33 bits per heavy atom. The first kappa shape index (κ1) is 14.1. The van der Waals surface area contributed by atoms with Crippen molar-refractivity contribution in [2.45, 2.75) is 12.7 Å². The van der Waals surface area contributed by atoms with Crippen LogP contribution in [0.1, 0.15) is 10.4 Å². The monoisotopic (exact) mass is 333 g/mol. The fourth-order valence-corrected chi connectivity index (χ4v) is 2.68. The van der Waals surface area contributed by atoms with Crippen LogP contribution in [-0.4, -0.2) is 19.9 Å². The van der Waals surface area contributed by atoms with E-state index in [0.29, 0.717) is 33.9 Å². The summed E-state index contributed by atoms with van der Waals surface area (Å²) in [5.74, 6) is 0.391. The van der Waals surface area contributed by atoms with Crippen molar-refractivity contribution in [3.05, 3.63) is 33.5 Å². The van der Waals surface area contributed by atoms with Gasteiger partial charge in [0, 0.05) is 6.54 Å². The molecule has 0 aromatic carbocycles. The summed E-state index contributed by atoms with van der Waals surface area (Å²) in [4.78, 5) is 14.1. The number of rotatable bonds is 3. The molecule has 0 unspecified atom stereocenters. The second kappa shape index (κ2) is 5.15. The predicted octanol–water partition coefficient (Wildman–Crippen LogP) is 3.70. The number of nitrogens with one attached hydrogen (secondary N) is 2. The molecular formula is C11H7ClF3N5S. The van der Waals surface area contributed by atoms with Gasteiger partial charge in [0.1, 0.15) is 10.4 Å². The third-order valence-electron chi connectivity index (χ3n) is 2.65. The third-order valence-corrected chi connectivity index (χ3v) is 3.84. The van der Waals surface area contributed by atoms with E-state index in [-0.39, 0.29) is 11.8 Å². The number of thiophene rings is 1. The second-order valence-electron chi connectivity index (χ2n) is 4.11. The Labute approximate surface area is 125 Å². The molecule has 0 bridgehead atoms. The molecule has 0 aliphatic heterocycles. The highest BCUT2D eigenvalue weighted by Gasteiger charge is 2.32. The van der Waals surface area contributed by atoms with E-state index >= 15 is 0 Å². The van der Waals surface area contributed by atoms with Gasteiger partial charge in [0.15, 0.2) is 11.5 Å². The van der Waals surface area contributed by atoms with Crippen LogP contribution >= 0.6 is 22.9 Å². The molecule has 3 aromatic rings. The van der Waals surface area contributed by atoms with Crippen LogP contribution in [0.2, 0.25) is 5.28 Å². The summed E-state index contributed by atoms with van der Waals surface area (Å²) in [6.45, 7) is 0.189. The Kier molecular flexibility index (Phi) is 3.46. The normalized spacial score (nSPS) is 12.0. The fourth-order valence-electron chi connectivity index (χ4n) is 1.74. The molecule has 3 aromatic heterocycles. The molecular weight excluding hydrogens is 327 g/mol. The molecule has 3 rings (SSSR count). The molecule has 0 atom stereocenters. The van der Waals surface area contributed by atoms with Crippen LogP contribution in [0, 0.1) is 0 Å². The summed E-state index contributed by atoms with van der Waals surface area (Å²) in [5, 5.41) is 4.39. The number of imidazole rings is 1. The smallest absolute Gasteiger partial charge is 0.364 e. The molecule has 0 fully saturated rings. The number of aromatic nitrogens is 4. The molecule has 0 spiro atoms. The SMILES string of the molecule is FC(F)(F)c1cc(CNc2nc(Cl)nc3nc[nH]c23)cs1. The molecule has 10 heteroatoms. The van der Waals surface area contributed by atoms with Crippen LogP contribution in [0.4, 0.5) is 19.0 Å². The molecule has 2 N–H and O–H groups in total. The van der Waals surface area contributed by atoms with E-state index in [0.717, 1.165) is 6.07 Å². The largest absolute Gasteiger partial charge is 0.425 e. The highest BCUT2D eigenvalue weighted by atomic mass is 35.5. The first-order valence-corrected chi connectivity index (χ1v) is 6.94. The predicted molar refractivity (Wildman–Crippen MR) is 73.3 cm³/mol. The number of aromatic amines is 1. The molecule has 0 saturated heterocycles. The lowest BCUT2D eigenvalue weighted by Crippen LogP contribution is -2.04. The van der Waals surface area contributed by atoms with Crippen molar-refractivity contribution < 1.29 is 13.2 Å². The number of fused-ring (bicyclic) bond motifs is 1. The second-order valence-corrected chi connectivity index (χ2v) is 5.36. The number of anilines is 1. The lowest BCUT2D eigenvalue weighted by atomic mass is 10.3. The van der Waals surface area contributed by atoms with E-state index in [1.807, 2.05) is 0 Å². The maximum absolute atomic E-state index is 12.5. The van der Waals surface area contributed by atoms with E-state index in [4.69, 9.17) is 11.6 Å². The third kappa shape index (κ3) is 2.93. The lowest BCUT2D eigenvalue weighted by Gasteiger charge is -2.05. The maximum atomic E-state index is 12.5. The van der Waals surface area contributed by atoms with Gasteiger partial charge in [-0.15, -0.1) is 11.3 Å². The standard InChI is InChI=1S/C11H7ClF3N5S/c12-10-19-8(7-9(20-10)18-4-17-7)16-2-5-1-6(21-3-5)11(13,14)15/h1,3-4H,2H2,(H2,16,17,18,19,20). The van der Waals surface area contributed by atoms with Gasteiger partial charge in [-0.3, -0.25) is 0 Å². The Morgan fingerprint density at radius 3 is 2.86 bits per heavy atom. The summed E-state index contributed by atoms with van der Waals surface area (Å²) in [5.41, 5.74) is 1.44. The van der Waals surface area contributed by atoms with Crippen LogP contribution in [0.5, 0.6) is 0 Å². The summed E-state index contributed by atoms with van der Waals surface area (Å²) >= 11 is 6.42. The molecule has 0 amide bonds. The minimum Gasteiger partial charge on any atom is -0.364 e. The number of nitrogens with zero attached hydrogens (tertiary/aromatic N) is 3. The number of hydrogen-bond acceptors (Lipinski definition) is 5. The molecule has 5 nitrogen and oxygen atoms in total. The van der Waals surface area contributed by atoms with Gasteiger partial charge in [0.05, 0.1) is 6.33 Å². The summed E-state index contributed by atoms with van der Waals surface area (Å²) in [6.07, 6.45) is -2.88. The summed E-state index contributed by atoms with van der Waals surface area (Å²) < 4.78 is 37.6. The van der Waals surface area contributed by atoms with Crippen molar-refractivity contribution in [3.63, 3.8) is 0 Å². The van der Waals surface area contributed by atoms with Crippen LogP contribution in [0.25, 0.3) is 11.2 Å². The van der Waals surface area contributed by atoms with Gasteiger partial charge in [0.25, 0.3) is 0 Å². The van der Waals surface area contributed by atoms with Crippen LogP contribution < -0.4 is 5.32 Å². The zero-order valence-corrected chi connectivity index (χ0v) is 11.8. The van der Waals surface area contributed by atoms with Gasteiger partial charge < -0.3 is 10.3 Å². The topological polar surface area (TPSA) is 66.5 Å². The van der Waals surface area contributed by atoms with E-state index in [2.05, 4.69) is 25.3 Å². The van der Waals surface area contributed by atoms with E-state index in [1.165, 1.54) is 11.7 Å². The fraction of sp³-hybridized carbons (Fsp3) is 0.182. The molecule has 0 aliphatic rings. The van der Waals surface area contributed by atoms with Gasteiger partial charge in [-0.25, -0.2) is 4.98 Å². The van der Waals surface area contributed by atoms with Crippen molar-refractivity contribution >= 4 is 39.9 Å². The van der Waals surface area contributed by atoms with Gasteiger partial charge in [-0.1, -0.05) is 0 Å². The molecule has 3 heterocycles. The molecule has 21 heavy (non-hydrogen) atoms. The van der Waals surface area contributed by atoms with E-state index < -0.39 is 11.1 Å². The number of H-pyrrole nitrogens is 1. The van der Waals surface area contributed by atoms with Gasteiger partial charge in [0.2, 0.25) is 5.28 Å². The average molecular weight is 334 g/mol. The Balaban J connectivity index is 1.80. The number of halogens is 4. The quantitative estimate of drug-likeness (QED) is 0.717. The van der Waals surface area contributed by atoms with Crippen LogP contribution in [-0.2, 0) is 12.7 Å². The molecule has 110 valence electrons. The van der Waals surface area contributed by atoms with Crippen LogP contribution in [0.15, 0.2) is 17.8 Å². The van der Waals surface area contributed by atoms with Crippen molar-refractivity contribution in [3.8, 4) is 0 Å². The minimum absolute atomic E-state index is 0.0124. The zero-order valence-electron chi connectivity index (χ0n) is 10.2. The first-order chi connectivity index (χ1) is 9.93. The highest BCUT2D eigenvalue weighted by molar-refractivity contribution is 7.10. The average Bonchev–Trinajstić information content (AvgIpc) is 3.03. The maximum Gasteiger partial charge on any atom is 0.425 e. The summed E-state index contributed by atoms with van der Waals surface area (Å²) in [7, 11) is 0. The Bertz CT molecular complexity index is 782. The van der Waals surface area contributed by atoms with Crippen molar-refractivity contribution in [1.29, 1.82) is 0 Å². The first-order valence-electron chi connectivity index (χ1n) is 5.68.